The van der Waals surface area contributed by atoms with Crippen LogP contribution < -0.4 is 0 Å². The highest BCUT2D eigenvalue weighted by molar-refractivity contribution is 7.91. The van der Waals surface area contributed by atoms with Gasteiger partial charge in [-0.2, -0.15) is 0 Å². The molecule has 25 heavy (non-hydrogen) atoms. The number of carbonyl (C=O) groups excluding carboxylic acids is 2. The summed E-state index contributed by atoms with van der Waals surface area (Å²) >= 11 is 6.35. The van der Waals surface area contributed by atoms with Gasteiger partial charge in [-0.05, 0) is 37.0 Å². The zero-order valence-electron chi connectivity index (χ0n) is 14.3. The van der Waals surface area contributed by atoms with Crippen molar-refractivity contribution in [3.05, 3.63) is 33.4 Å². The molecule has 0 bridgehead atoms. The summed E-state index contributed by atoms with van der Waals surface area (Å²) in [5.41, 5.74) is 0.0642. The van der Waals surface area contributed by atoms with Crippen LogP contribution in [-0.2, 0) is 25.8 Å². The van der Waals surface area contributed by atoms with Crippen molar-refractivity contribution in [3.63, 3.8) is 0 Å². The largest absolute Gasteiger partial charge is 0.506 e. The molecule has 1 fully saturated rings. The number of sulfone groups is 1. The van der Waals surface area contributed by atoms with Crippen LogP contribution >= 0.6 is 11.6 Å². The third kappa shape index (κ3) is 2.72. The first-order valence-electron chi connectivity index (χ1n) is 8.03. The van der Waals surface area contributed by atoms with Crippen LogP contribution in [0.1, 0.15) is 43.4 Å². The monoisotopic (exact) mass is 382 g/mol. The number of aliphatic hydroxyl groups excluding tert-OH is 1. The SMILES string of the molecule is Cc1cc(C(O)=C2C(=O)CCC(C)(C)C2=O)c(Cl)c2c1S(=O)(=O)CC2. The minimum Gasteiger partial charge on any atom is -0.506 e. The fraction of sp³-hybridized carbons (Fsp3) is 0.444. The molecule has 0 saturated heterocycles. The normalized spacial score (nSPS) is 23.5. The Labute approximate surface area is 151 Å². The Morgan fingerprint density at radius 2 is 1.88 bits per heavy atom. The number of fused-ring (bicyclic) bond motifs is 1. The minimum absolute atomic E-state index is 0.0332. The summed E-state index contributed by atoms with van der Waals surface area (Å²) in [6, 6.07) is 1.44. The summed E-state index contributed by atoms with van der Waals surface area (Å²) in [5, 5.41) is 10.8. The van der Waals surface area contributed by atoms with E-state index in [2.05, 4.69) is 0 Å². The Bertz CT molecular complexity index is 954. The van der Waals surface area contributed by atoms with Crippen LogP contribution in [0.5, 0.6) is 0 Å². The number of hydrogen-bond donors (Lipinski definition) is 1. The van der Waals surface area contributed by atoms with E-state index in [0.29, 0.717) is 17.5 Å². The molecule has 2 aliphatic rings. The second-order valence-electron chi connectivity index (χ2n) is 7.29. The van der Waals surface area contributed by atoms with Crippen LogP contribution in [0.4, 0.5) is 0 Å². The molecule has 0 amide bonds. The van der Waals surface area contributed by atoms with E-state index in [9.17, 15) is 23.1 Å². The average Bonchev–Trinajstić information content (AvgIpc) is 2.84. The molecule has 7 heteroatoms. The minimum atomic E-state index is -3.38. The molecule has 1 aliphatic heterocycles. The number of benzene rings is 1. The van der Waals surface area contributed by atoms with Gasteiger partial charge in [0.25, 0.3) is 0 Å². The quantitative estimate of drug-likeness (QED) is 0.457. The second kappa shape index (κ2) is 5.68. The Morgan fingerprint density at radius 3 is 2.52 bits per heavy atom. The third-order valence-electron chi connectivity index (χ3n) is 5.02. The number of ketones is 2. The highest BCUT2D eigenvalue weighted by Gasteiger charge is 2.41. The van der Waals surface area contributed by atoms with Gasteiger partial charge in [0.1, 0.15) is 11.3 Å². The second-order valence-corrected chi connectivity index (χ2v) is 9.72. The molecular weight excluding hydrogens is 364 g/mol. The molecule has 3 rings (SSSR count). The smallest absolute Gasteiger partial charge is 0.179 e. The molecule has 134 valence electrons. The van der Waals surface area contributed by atoms with E-state index in [-0.39, 0.29) is 39.6 Å². The standard InChI is InChI=1S/C18H19ClO5S/c1-9-8-11(14(19)10-5-7-25(23,24)16(9)10)15(21)13-12(20)4-6-18(2,3)17(13)22/h8,21H,4-7H2,1-3H3. The van der Waals surface area contributed by atoms with Crippen molar-refractivity contribution in [2.75, 3.05) is 5.75 Å². The summed E-state index contributed by atoms with van der Waals surface area (Å²) in [5.74, 6) is -1.32. The number of allylic oxidation sites excluding steroid dienone is 1. The van der Waals surface area contributed by atoms with E-state index < -0.39 is 32.6 Å². The molecule has 1 heterocycles. The topological polar surface area (TPSA) is 88.5 Å². The lowest BCUT2D eigenvalue weighted by atomic mass is 9.72. The van der Waals surface area contributed by atoms with Gasteiger partial charge >= 0.3 is 0 Å². The van der Waals surface area contributed by atoms with E-state index in [4.69, 9.17) is 11.6 Å². The van der Waals surface area contributed by atoms with Gasteiger partial charge in [-0.3, -0.25) is 9.59 Å². The van der Waals surface area contributed by atoms with E-state index in [1.165, 1.54) is 6.07 Å². The van der Waals surface area contributed by atoms with Crippen molar-refractivity contribution in [2.24, 2.45) is 5.41 Å². The molecule has 1 saturated carbocycles. The van der Waals surface area contributed by atoms with Gasteiger partial charge in [0.05, 0.1) is 15.7 Å². The molecule has 0 unspecified atom stereocenters. The Morgan fingerprint density at radius 1 is 1.24 bits per heavy atom. The Kier molecular flexibility index (Phi) is 4.12. The number of rotatable bonds is 1. The van der Waals surface area contributed by atoms with Gasteiger partial charge < -0.3 is 5.11 Å². The van der Waals surface area contributed by atoms with E-state index in [1.54, 1.807) is 20.8 Å². The molecule has 5 nitrogen and oxygen atoms in total. The number of aliphatic hydroxyl groups is 1. The van der Waals surface area contributed by atoms with Crippen LogP contribution in [0.3, 0.4) is 0 Å². The first-order chi connectivity index (χ1) is 11.5. The maximum absolute atomic E-state index is 12.6. The lowest BCUT2D eigenvalue weighted by molar-refractivity contribution is -0.130. The number of hydrogen-bond acceptors (Lipinski definition) is 5. The van der Waals surface area contributed by atoms with E-state index in [0.717, 1.165) is 0 Å². The summed E-state index contributed by atoms with van der Waals surface area (Å²) in [6.45, 7) is 5.09. The van der Waals surface area contributed by atoms with Crippen molar-refractivity contribution < 1.29 is 23.1 Å². The molecule has 1 N–H and O–H groups in total. The third-order valence-corrected chi connectivity index (χ3v) is 7.38. The first-order valence-corrected chi connectivity index (χ1v) is 10.1. The summed E-state index contributed by atoms with van der Waals surface area (Å²) in [4.78, 5) is 25.1. The zero-order chi connectivity index (χ0) is 18.7. The maximum atomic E-state index is 12.6. The van der Waals surface area contributed by atoms with Crippen molar-refractivity contribution in [2.45, 2.75) is 44.9 Å². The lowest BCUT2D eigenvalue weighted by Crippen LogP contribution is -2.35. The molecule has 0 atom stereocenters. The van der Waals surface area contributed by atoms with Crippen molar-refractivity contribution >= 4 is 38.8 Å². The number of aryl methyl sites for hydroxylation is 1. The Balaban J connectivity index is 2.26. The number of carbonyl (C=O) groups is 2. The van der Waals surface area contributed by atoms with Crippen molar-refractivity contribution in [1.29, 1.82) is 0 Å². The lowest BCUT2D eigenvalue weighted by Gasteiger charge is -2.29. The highest BCUT2D eigenvalue weighted by atomic mass is 35.5. The van der Waals surface area contributed by atoms with Crippen LogP contribution in [0.2, 0.25) is 5.02 Å². The summed E-state index contributed by atoms with van der Waals surface area (Å²) < 4.78 is 24.3. The van der Waals surface area contributed by atoms with Gasteiger partial charge in [0, 0.05) is 17.4 Å². The van der Waals surface area contributed by atoms with Crippen LogP contribution in [0.15, 0.2) is 16.5 Å². The fourth-order valence-corrected chi connectivity index (χ4v) is 5.71. The van der Waals surface area contributed by atoms with Gasteiger partial charge in [0.2, 0.25) is 0 Å². The molecule has 1 aliphatic carbocycles. The predicted octanol–water partition coefficient (Wildman–Crippen LogP) is 3.21. The van der Waals surface area contributed by atoms with Crippen LogP contribution in [0.25, 0.3) is 5.76 Å². The van der Waals surface area contributed by atoms with Crippen LogP contribution in [0, 0.1) is 12.3 Å². The molecule has 1 aromatic rings. The van der Waals surface area contributed by atoms with Gasteiger partial charge in [-0.1, -0.05) is 25.4 Å². The number of halogens is 1. The molecule has 0 aromatic heterocycles. The molecule has 1 aromatic carbocycles. The van der Waals surface area contributed by atoms with Gasteiger partial charge in [-0.15, -0.1) is 0 Å². The van der Waals surface area contributed by atoms with Gasteiger partial charge in [0.15, 0.2) is 21.4 Å². The number of Topliss-reactive ketones (excluding diaryl/α,β-unsaturated/α-hetero) is 2. The predicted molar refractivity (Wildman–Crippen MR) is 94.5 cm³/mol. The van der Waals surface area contributed by atoms with Gasteiger partial charge in [-0.25, -0.2) is 8.42 Å². The molecule has 0 spiro atoms. The van der Waals surface area contributed by atoms with Crippen molar-refractivity contribution in [3.8, 4) is 0 Å². The summed E-state index contributed by atoms with van der Waals surface area (Å²) in [6.07, 6.45) is 0.853. The van der Waals surface area contributed by atoms with Crippen molar-refractivity contribution in [1.82, 2.24) is 0 Å². The Hall–Kier alpha value is -1.66. The molecule has 0 radical (unpaired) electrons. The maximum Gasteiger partial charge on any atom is 0.179 e. The molecular formula is C18H19ClO5S. The fourth-order valence-electron chi connectivity index (χ4n) is 3.52. The zero-order valence-corrected chi connectivity index (χ0v) is 15.8. The highest BCUT2D eigenvalue weighted by Crippen LogP contribution is 2.41. The van der Waals surface area contributed by atoms with E-state index in [1.807, 2.05) is 0 Å². The van der Waals surface area contributed by atoms with Crippen LogP contribution in [-0.4, -0.2) is 30.8 Å². The van der Waals surface area contributed by atoms with E-state index >= 15 is 0 Å². The average molecular weight is 383 g/mol. The first kappa shape index (κ1) is 18.1. The summed E-state index contributed by atoms with van der Waals surface area (Å²) in [7, 11) is -3.38.